The van der Waals surface area contributed by atoms with Crippen molar-refractivity contribution in [2.45, 2.75) is 0 Å². The van der Waals surface area contributed by atoms with Gasteiger partial charge in [-0.25, -0.2) is 9.59 Å². The van der Waals surface area contributed by atoms with Crippen LogP contribution in [0, 0.1) is 0 Å². The summed E-state index contributed by atoms with van der Waals surface area (Å²) in [7, 11) is 0. The van der Waals surface area contributed by atoms with Crippen molar-refractivity contribution in [3.8, 4) is 0 Å². The molecule has 0 saturated heterocycles. The maximum Gasteiger partial charge on any atom is 0.414 e. The zero-order valence-electron chi connectivity index (χ0n) is 3.31. The fraction of sp³-hybridized carbons (Fsp3) is 0. The summed E-state index contributed by atoms with van der Waals surface area (Å²) in [5.74, 6) is -3.65. The molecule has 0 amide bonds. The molecule has 0 aliphatic heterocycles. The van der Waals surface area contributed by atoms with Crippen LogP contribution in [0.1, 0.15) is 0 Å². The molecular weight excluding hydrogens is 304 g/mol. The summed E-state index contributed by atoms with van der Waals surface area (Å²) in [4.78, 5) is 18.2. The molecule has 56 valence electrons. The van der Waals surface area contributed by atoms with Crippen LogP contribution >= 0.6 is 0 Å². The van der Waals surface area contributed by atoms with Gasteiger partial charge in [0.25, 0.3) is 0 Å². The van der Waals surface area contributed by atoms with Crippen molar-refractivity contribution >= 4 is 11.9 Å². The van der Waals surface area contributed by atoms with Crippen LogP contribution in [0.25, 0.3) is 0 Å². The molecule has 4 nitrogen and oxygen atoms in total. The minimum Gasteiger partial charge on any atom is -0.473 e. The third-order valence-electron chi connectivity index (χ3n) is 0.183. The Morgan fingerprint density at radius 1 is 0.875 bits per heavy atom. The van der Waals surface area contributed by atoms with E-state index in [1.165, 1.54) is 0 Å². The second-order valence-corrected chi connectivity index (χ2v) is 0.610. The summed E-state index contributed by atoms with van der Waals surface area (Å²) < 4.78 is 0. The van der Waals surface area contributed by atoms with Crippen LogP contribution in [0.2, 0.25) is 0 Å². The van der Waals surface area contributed by atoms with Gasteiger partial charge in [0.1, 0.15) is 0 Å². The Kier molecular flexibility index (Phi) is 14.6. The normalized spacial score (nSPS) is 5.50. The van der Waals surface area contributed by atoms with Crippen LogP contribution in [0.5, 0.6) is 0 Å². The maximum absolute atomic E-state index is 9.10. The number of carboxylic acid groups (broad SMARTS) is 2. The molecule has 0 heterocycles. The quantitative estimate of drug-likeness (QED) is 0.452. The summed E-state index contributed by atoms with van der Waals surface area (Å²) in [5, 5.41) is 14.8. The van der Waals surface area contributed by atoms with E-state index < -0.39 is 11.9 Å². The van der Waals surface area contributed by atoms with Crippen LogP contribution in [0.3, 0.4) is 0 Å². The van der Waals surface area contributed by atoms with E-state index in [1.807, 2.05) is 0 Å². The Balaban J connectivity index is -0.000000125. The minimum absolute atomic E-state index is 0. The maximum atomic E-state index is 9.10. The number of hydrogen-bond donors (Lipinski definition) is 2. The summed E-state index contributed by atoms with van der Waals surface area (Å²) in [6.07, 6.45) is 0. The average Bonchev–Trinajstić information content (AvgIpc) is 1.36. The summed E-state index contributed by atoms with van der Waals surface area (Å²) in [5.41, 5.74) is 0. The van der Waals surface area contributed by atoms with Crippen molar-refractivity contribution in [2.75, 3.05) is 0 Å². The molecular formula is C2H2Ag2O4. The van der Waals surface area contributed by atoms with E-state index in [0.29, 0.717) is 0 Å². The Labute approximate surface area is 76.3 Å². The van der Waals surface area contributed by atoms with Gasteiger partial charge in [0.2, 0.25) is 0 Å². The van der Waals surface area contributed by atoms with Gasteiger partial charge >= 0.3 is 11.9 Å². The van der Waals surface area contributed by atoms with Gasteiger partial charge in [-0.1, -0.05) is 0 Å². The van der Waals surface area contributed by atoms with E-state index in [-0.39, 0.29) is 44.8 Å². The molecule has 0 aliphatic carbocycles. The smallest absolute Gasteiger partial charge is 0.414 e. The SMILES string of the molecule is O=C(O)C(=O)O.[Ag].[Ag]. The molecule has 6 heteroatoms. The first kappa shape index (κ1) is 15.8. The molecule has 2 radical (unpaired) electrons. The first-order valence-electron chi connectivity index (χ1n) is 1.11. The monoisotopic (exact) mass is 304 g/mol. The second-order valence-electron chi connectivity index (χ2n) is 0.610. The number of aliphatic carboxylic acids is 2. The third-order valence-corrected chi connectivity index (χ3v) is 0.183. The van der Waals surface area contributed by atoms with Crippen molar-refractivity contribution in [3.63, 3.8) is 0 Å². The predicted octanol–water partition coefficient (Wildman–Crippen LogP) is -0.849. The van der Waals surface area contributed by atoms with Gasteiger partial charge < -0.3 is 10.2 Å². The molecule has 0 fully saturated rings. The molecule has 0 atom stereocenters. The topological polar surface area (TPSA) is 74.6 Å². The van der Waals surface area contributed by atoms with E-state index in [4.69, 9.17) is 19.8 Å². The van der Waals surface area contributed by atoms with E-state index in [0.717, 1.165) is 0 Å². The van der Waals surface area contributed by atoms with Crippen molar-refractivity contribution in [1.29, 1.82) is 0 Å². The molecule has 0 unspecified atom stereocenters. The largest absolute Gasteiger partial charge is 0.473 e. The van der Waals surface area contributed by atoms with Crippen LogP contribution in [0.4, 0.5) is 0 Å². The number of rotatable bonds is 0. The zero-order valence-corrected chi connectivity index (χ0v) is 6.28. The molecule has 8 heavy (non-hydrogen) atoms. The standard InChI is InChI=1S/C2H2O4.2Ag/c3-1(4)2(5)6;;/h(H,3,4)(H,5,6);;. The summed E-state index contributed by atoms with van der Waals surface area (Å²) in [6.45, 7) is 0. The van der Waals surface area contributed by atoms with Gasteiger partial charge in [-0.2, -0.15) is 0 Å². The van der Waals surface area contributed by atoms with E-state index in [9.17, 15) is 0 Å². The Morgan fingerprint density at radius 2 is 1.00 bits per heavy atom. The first-order chi connectivity index (χ1) is 2.64. The summed E-state index contributed by atoms with van der Waals surface area (Å²) in [6, 6.07) is 0. The minimum atomic E-state index is -1.82. The third kappa shape index (κ3) is 9.65. The molecule has 0 saturated carbocycles. The van der Waals surface area contributed by atoms with Crippen LogP contribution in [-0.2, 0) is 54.3 Å². The molecule has 0 aromatic heterocycles. The molecule has 0 aromatic rings. The van der Waals surface area contributed by atoms with Crippen LogP contribution in [0.15, 0.2) is 0 Å². The van der Waals surface area contributed by atoms with Gasteiger partial charge in [0, 0.05) is 44.8 Å². The average molecular weight is 306 g/mol. The van der Waals surface area contributed by atoms with Crippen LogP contribution < -0.4 is 0 Å². The van der Waals surface area contributed by atoms with Crippen molar-refractivity contribution < 1.29 is 64.6 Å². The van der Waals surface area contributed by atoms with Crippen molar-refractivity contribution in [2.24, 2.45) is 0 Å². The Bertz CT molecular complexity index is 78.0. The molecule has 2 N–H and O–H groups in total. The molecule has 0 rings (SSSR count). The number of hydrogen-bond acceptors (Lipinski definition) is 2. The summed E-state index contributed by atoms with van der Waals surface area (Å²) >= 11 is 0. The van der Waals surface area contributed by atoms with Gasteiger partial charge in [-0.3, -0.25) is 0 Å². The molecule has 0 spiro atoms. The van der Waals surface area contributed by atoms with Crippen molar-refractivity contribution in [1.82, 2.24) is 0 Å². The van der Waals surface area contributed by atoms with E-state index in [1.54, 1.807) is 0 Å². The fourth-order valence-corrected chi connectivity index (χ4v) is 0. The first-order valence-corrected chi connectivity index (χ1v) is 1.11. The predicted molar refractivity (Wildman–Crippen MR) is 15.3 cm³/mol. The molecule has 0 bridgehead atoms. The van der Waals surface area contributed by atoms with Crippen molar-refractivity contribution in [3.05, 3.63) is 0 Å². The molecule has 0 aliphatic rings. The van der Waals surface area contributed by atoms with E-state index >= 15 is 0 Å². The Hall–Kier alpha value is 0.421. The van der Waals surface area contributed by atoms with Gasteiger partial charge in [-0.15, -0.1) is 0 Å². The number of carboxylic acids is 2. The van der Waals surface area contributed by atoms with Crippen LogP contribution in [-0.4, -0.2) is 22.2 Å². The second kappa shape index (κ2) is 7.42. The van der Waals surface area contributed by atoms with Gasteiger partial charge in [-0.05, 0) is 0 Å². The zero-order chi connectivity index (χ0) is 5.15. The molecule has 0 aromatic carbocycles. The van der Waals surface area contributed by atoms with Gasteiger partial charge in [0.15, 0.2) is 0 Å². The Morgan fingerprint density at radius 3 is 1.00 bits per heavy atom. The van der Waals surface area contributed by atoms with E-state index in [2.05, 4.69) is 0 Å². The fourth-order valence-electron chi connectivity index (χ4n) is 0. The van der Waals surface area contributed by atoms with Gasteiger partial charge in [0.05, 0.1) is 0 Å². The number of carbonyl (C=O) groups is 2.